The van der Waals surface area contributed by atoms with Crippen molar-refractivity contribution in [3.05, 3.63) is 42.1 Å². The molecule has 0 radical (unpaired) electrons. The molecule has 0 bridgehead atoms. The summed E-state index contributed by atoms with van der Waals surface area (Å²) in [6.45, 7) is 4.03. The van der Waals surface area contributed by atoms with Gasteiger partial charge in [0.2, 0.25) is 0 Å². The van der Waals surface area contributed by atoms with E-state index in [2.05, 4.69) is 33.3 Å². The van der Waals surface area contributed by atoms with Gasteiger partial charge in [-0.05, 0) is 38.0 Å². The Hall–Kier alpha value is -1.84. The molecule has 84 valence electrons. The number of aromatic nitrogens is 3. The highest BCUT2D eigenvalue weighted by molar-refractivity contribution is 5.34. The monoisotopic (exact) mass is 216 g/mol. The number of nitrogens with one attached hydrogen (secondary N) is 2. The van der Waals surface area contributed by atoms with E-state index in [1.54, 1.807) is 6.20 Å². The van der Waals surface area contributed by atoms with Crippen LogP contribution in [-0.2, 0) is 6.42 Å². The van der Waals surface area contributed by atoms with Crippen LogP contribution in [0.5, 0.6) is 0 Å². The van der Waals surface area contributed by atoms with E-state index in [1.807, 2.05) is 25.4 Å². The second kappa shape index (κ2) is 4.79. The van der Waals surface area contributed by atoms with Gasteiger partial charge in [-0.25, -0.2) is 9.97 Å². The Morgan fingerprint density at radius 1 is 1.44 bits per heavy atom. The fourth-order valence-corrected chi connectivity index (χ4v) is 1.68. The first-order valence-electron chi connectivity index (χ1n) is 5.42. The van der Waals surface area contributed by atoms with Crippen molar-refractivity contribution in [3.63, 3.8) is 0 Å². The topological polar surface area (TPSA) is 53.6 Å². The van der Waals surface area contributed by atoms with Crippen molar-refractivity contribution in [1.82, 2.24) is 15.0 Å². The second-order valence-electron chi connectivity index (χ2n) is 3.96. The molecule has 0 aliphatic rings. The van der Waals surface area contributed by atoms with Crippen LogP contribution in [0, 0.1) is 6.92 Å². The maximum absolute atomic E-state index is 4.31. The van der Waals surface area contributed by atoms with E-state index in [9.17, 15) is 0 Å². The van der Waals surface area contributed by atoms with Crippen LogP contribution in [0.2, 0.25) is 0 Å². The molecule has 0 fully saturated rings. The summed E-state index contributed by atoms with van der Waals surface area (Å²) in [7, 11) is 0. The number of aryl methyl sites for hydroxylation is 1. The number of rotatable bonds is 4. The van der Waals surface area contributed by atoms with Gasteiger partial charge in [-0.15, -0.1) is 0 Å². The molecule has 2 N–H and O–H groups in total. The molecule has 1 atom stereocenters. The summed E-state index contributed by atoms with van der Waals surface area (Å²) in [6.07, 6.45) is 6.71. The molecule has 2 aromatic rings. The molecule has 2 aromatic heterocycles. The number of anilines is 1. The van der Waals surface area contributed by atoms with Gasteiger partial charge in [-0.1, -0.05) is 0 Å². The summed E-state index contributed by atoms with van der Waals surface area (Å²) in [6, 6.07) is 4.33. The van der Waals surface area contributed by atoms with Crippen molar-refractivity contribution in [3.8, 4) is 0 Å². The molecule has 4 nitrogen and oxygen atoms in total. The van der Waals surface area contributed by atoms with Crippen molar-refractivity contribution < 1.29 is 0 Å². The highest BCUT2D eigenvalue weighted by Crippen LogP contribution is 2.08. The third-order valence-electron chi connectivity index (χ3n) is 2.37. The molecule has 16 heavy (non-hydrogen) atoms. The van der Waals surface area contributed by atoms with Crippen LogP contribution in [0.4, 0.5) is 5.82 Å². The number of aromatic amines is 1. The highest BCUT2D eigenvalue weighted by Gasteiger charge is 2.04. The number of H-pyrrole nitrogens is 1. The smallest absolute Gasteiger partial charge is 0.129 e. The van der Waals surface area contributed by atoms with Crippen LogP contribution < -0.4 is 5.32 Å². The van der Waals surface area contributed by atoms with Crippen LogP contribution in [0.3, 0.4) is 0 Å². The van der Waals surface area contributed by atoms with Crippen LogP contribution in [0.1, 0.15) is 18.3 Å². The summed E-state index contributed by atoms with van der Waals surface area (Å²) in [5.41, 5.74) is 1.30. The lowest BCUT2D eigenvalue weighted by Crippen LogP contribution is -2.18. The lowest BCUT2D eigenvalue weighted by molar-refractivity contribution is 0.782. The van der Waals surface area contributed by atoms with Gasteiger partial charge >= 0.3 is 0 Å². The number of hydrogen-bond donors (Lipinski definition) is 2. The molecule has 0 saturated carbocycles. The van der Waals surface area contributed by atoms with Crippen LogP contribution in [0.15, 0.2) is 30.7 Å². The third kappa shape index (κ3) is 2.82. The molecule has 0 saturated heterocycles. The molecule has 1 unspecified atom stereocenters. The lowest BCUT2D eigenvalue weighted by atomic mass is 10.1. The SMILES string of the molecule is Cc1nccc(NC(C)Cc2cc[nH]c2)n1. The van der Waals surface area contributed by atoms with Crippen molar-refractivity contribution in [2.75, 3.05) is 5.32 Å². The lowest BCUT2D eigenvalue weighted by Gasteiger charge is -2.13. The standard InChI is InChI=1S/C12H16N4/c1-9(7-11-3-5-13-8-11)15-12-4-6-14-10(2)16-12/h3-6,8-9,13H,7H2,1-2H3,(H,14,15,16). The molecule has 0 aliphatic heterocycles. The third-order valence-corrected chi connectivity index (χ3v) is 2.37. The zero-order valence-corrected chi connectivity index (χ0v) is 9.57. The fraction of sp³-hybridized carbons (Fsp3) is 0.333. The highest BCUT2D eigenvalue weighted by atomic mass is 15.0. The molecule has 0 aromatic carbocycles. The maximum Gasteiger partial charge on any atom is 0.129 e. The van der Waals surface area contributed by atoms with Gasteiger partial charge in [0.05, 0.1) is 0 Å². The summed E-state index contributed by atoms with van der Waals surface area (Å²) < 4.78 is 0. The molecular weight excluding hydrogens is 200 g/mol. The Morgan fingerprint density at radius 3 is 3.00 bits per heavy atom. The molecule has 2 heterocycles. The van der Waals surface area contributed by atoms with Crippen molar-refractivity contribution in [2.45, 2.75) is 26.3 Å². The molecule has 4 heteroatoms. The normalized spacial score (nSPS) is 12.4. The Morgan fingerprint density at radius 2 is 2.31 bits per heavy atom. The average Bonchev–Trinajstić information content (AvgIpc) is 2.70. The van der Waals surface area contributed by atoms with E-state index in [1.165, 1.54) is 5.56 Å². The summed E-state index contributed by atoms with van der Waals surface area (Å²) in [4.78, 5) is 11.4. The summed E-state index contributed by atoms with van der Waals surface area (Å²) in [5, 5.41) is 3.36. The quantitative estimate of drug-likeness (QED) is 0.823. The van der Waals surface area contributed by atoms with E-state index in [-0.39, 0.29) is 0 Å². The van der Waals surface area contributed by atoms with Gasteiger partial charge in [-0.3, -0.25) is 0 Å². The minimum Gasteiger partial charge on any atom is -0.367 e. The Balaban J connectivity index is 1.94. The number of nitrogens with zero attached hydrogens (tertiary/aromatic N) is 2. The van der Waals surface area contributed by atoms with Gasteiger partial charge in [0.25, 0.3) is 0 Å². The molecule has 0 amide bonds. The van der Waals surface area contributed by atoms with Crippen LogP contribution in [-0.4, -0.2) is 21.0 Å². The van der Waals surface area contributed by atoms with Crippen molar-refractivity contribution >= 4 is 5.82 Å². The predicted molar refractivity (Wildman–Crippen MR) is 64.4 cm³/mol. The van der Waals surface area contributed by atoms with Gasteiger partial charge in [0.15, 0.2) is 0 Å². The first-order chi connectivity index (χ1) is 7.74. The average molecular weight is 216 g/mol. The zero-order chi connectivity index (χ0) is 11.4. The Bertz CT molecular complexity index is 436. The Labute approximate surface area is 95.1 Å². The summed E-state index contributed by atoms with van der Waals surface area (Å²) >= 11 is 0. The van der Waals surface area contributed by atoms with E-state index in [0.717, 1.165) is 18.1 Å². The van der Waals surface area contributed by atoms with E-state index >= 15 is 0 Å². The summed E-state index contributed by atoms with van der Waals surface area (Å²) in [5.74, 6) is 1.68. The van der Waals surface area contributed by atoms with E-state index in [4.69, 9.17) is 0 Å². The first kappa shape index (κ1) is 10.7. The predicted octanol–water partition coefficient (Wildman–Crippen LogP) is 2.16. The van der Waals surface area contributed by atoms with Gasteiger partial charge in [-0.2, -0.15) is 0 Å². The van der Waals surface area contributed by atoms with Gasteiger partial charge < -0.3 is 10.3 Å². The van der Waals surface area contributed by atoms with Gasteiger partial charge in [0, 0.05) is 24.6 Å². The van der Waals surface area contributed by atoms with E-state index in [0.29, 0.717) is 6.04 Å². The van der Waals surface area contributed by atoms with E-state index < -0.39 is 0 Å². The zero-order valence-electron chi connectivity index (χ0n) is 9.57. The second-order valence-corrected chi connectivity index (χ2v) is 3.96. The first-order valence-corrected chi connectivity index (χ1v) is 5.42. The minimum atomic E-state index is 0.352. The fourth-order valence-electron chi connectivity index (χ4n) is 1.68. The molecule has 0 spiro atoms. The van der Waals surface area contributed by atoms with Gasteiger partial charge in [0.1, 0.15) is 11.6 Å². The maximum atomic E-state index is 4.31. The molecule has 2 rings (SSSR count). The Kier molecular flexibility index (Phi) is 3.19. The molecular formula is C12H16N4. The van der Waals surface area contributed by atoms with Crippen molar-refractivity contribution in [2.24, 2.45) is 0 Å². The van der Waals surface area contributed by atoms with Crippen LogP contribution in [0.25, 0.3) is 0 Å². The largest absolute Gasteiger partial charge is 0.367 e. The van der Waals surface area contributed by atoms with Crippen molar-refractivity contribution in [1.29, 1.82) is 0 Å². The molecule has 0 aliphatic carbocycles. The number of hydrogen-bond acceptors (Lipinski definition) is 3. The minimum absolute atomic E-state index is 0.352. The van der Waals surface area contributed by atoms with Crippen LogP contribution >= 0.6 is 0 Å².